The second-order valence-corrected chi connectivity index (χ2v) is 5.06. The molecule has 4 nitrogen and oxygen atoms in total. The van der Waals surface area contributed by atoms with Crippen molar-refractivity contribution in [3.63, 3.8) is 0 Å². The van der Waals surface area contributed by atoms with Gasteiger partial charge in [-0.25, -0.2) is 4.79 Å². The van der Waals surface area contributed by atoms with Gasteiger partial charge in [0.15, 0.2) is 0 Å². The second-order valence-electron chi connectivity index (χ2n) is 4.65. The number of halogens is 1. The van der Waals surface area contributed by atoms with E-state index in [1.165, 1.54) is 6.26 Å². The van der Waals surface area contributed by atoms with Gasteiger partial charge < -0.3 is 14.5 Å². The van der Waals surface area contributed by atoms with Gasteiger partial charge >= 0.3 is 5.97 Å². The predicted molar refractivity (Wildman–Crippen MR) is 86.9 cm³/mol. The van der Waals surface area contributed by atoms with Gasteiger partial charge in [0, 0.05) is 0 Å². The lowest BCUT2D eigenvalue weighted by molar-refractivity contribution is 0.0664. The molecule has 0 bridgehead atoms. The molecular weight excluding hydrogens is 302 g/mol. The van der Waals surface area contributed by atoms with Crippen molar-refractivity contribution in [2.75, 3.05) is 5.32 Å². The molecule has 2 rings (SSSR count). The Morgan fingerprint density at radius 1 is 1.41 bits per heavy atom. The molecule has 114 valence electrons. The van der Waals surface area contributed by atoms with E-state index in [-0.39, 0.29) is 0 Å². The summed E-state index contributed by atoms with van der Waals surface area (Å²) in [7, 11) is 0. The van der Waals surface area contributed by atoms with Crippen LogP contribution in [0.5, 0.6) is 0 Å². The number of nitrogens with one attached hydrogen (secondary N) is 1. The molecule has 0 saturated carbocycles. The first-order valence-corrected chi connectivity index (χ1v) is 7.03. The van der Waals surface area contributed by atoms with Crippen LogP contribution in [0.15, 0.2) is 65.5 Å². The van der Waals surface area contributed by atoms with Crippen LogP contribution in [0.2, 0.25) is 5.02 Å². The zero-order valence-electron chi connectivity index (χ0n) is 12.1. The summed E-state index contributed by atoms with van der Waals surface area (Å²) in [6.45, 7) is 5.91. The molecule has 0 unspecified atom stereocenters. The van der Waals surface area contributed by atoms with Crippen molar-refractivity contribution in [3.8, 4) is 0 Å². The first kappa shape index (κ1) is 15.9. The highest BCUT2D eigenvalue weighted by molar-refractivity contribution is 6.34. The van der Waals surface area contributed by atoms with Crippen LogP contribution in [0.25, 0.3) is 0 Å². The summed E-state index contributed by atoms with van der Waals surface area (Å²) in [4.78, 5) is 12.1. The Morgan fingerprint density at radius 2 is 2.23 bits per heavy atom. The standard InChI is InChI=1S/C17H16ClNO3/c1-12(2)8-10-22-17(20)14-6-3-7-15(18)16(14)19-11-13-5-4-9-21-13/h3-10,19H,1,11H2,2H3. The lowest BCUT2D eigenvalue weighted by atomic mass is 10.1. The first-order chi connectivity index (χ1) is 10.6. The van der Waals surface area contributed by atoms with E-state index in [1.807, 2.05) is 6.07 Å². The van der Waals surface area contributed by atoms with E-state index >= 15 is 0 Å². The van der Waals surface area contributed by atoms with Crippen LogP contribution in [0.4, 0.5) is 5.69 Å². The molecule has 22 heavy (non-hydrogen) atoms. The fraction of sp³-hybridized carbons (Fsp3) is 0.118. The number of carbonyl (C=O) groups excluding carboxylic acids is 1. The third kappa shape index (κ3) is 4.27. The maximum absolute atomic E-state index is 12.1. The number of benzene rings is 1. The number of furan rings is 1. The van der Waals surface area contributed by atoms with Crippen LogP contribution in [0.3, 0.4) is 0 Å². The van der Waals surface area contributed by atoms with Crippen molar-refractivity contribution >= 4 is 23.3 Å². The number of para-hydroxylation sites is 1. The Bertz CT molecular complexity index is 690. The second kappa shape index (κ2) is 7.52. The van der Waals surface area contributed by atoms with Crippen molar-refractivity contribution < 1.29 is 13.9 Å². The minimum atomic E-state index is -0.498. The molecule has 0 atom stereocenters. The summed E-state index contributed by atoms with van der Waals surface area (Å²) in [5, 5.41) is 3.53. The molecule has 0 aliphatic rings. The van der Waals surface area contributed by atoms with E-state index < -0.39 is 5.97 Å². The Morgan fingerprint density at radius 3 is 2.91 bits per heavy atom. The summed E-state index contributed by atoms with van der Waals surface area (Å²) < 4.78 is 10.3. The highest BCUT2D eigenvalue weighted by Gasteiger charge is 2.15. The quantitative estimate of drug-likeness (QED) is 0.472. The van der Waals surface area contributed by atoms with Crippen molar-refractivity contribution in [2.45, 2.75) is 13.5 Å². The molecule has 1 heterocycles. The molecule has 2 aromatic rings. The van der Waals surface area contributed by atoms with Crippen LogP contribution in [-0.2, 0) is 11.3 Å². The molecule has 0 spiro atoms. The average molecular weight is 318 g/mol. The highest BCUT2D eigenvalue weighted by Crippen LogP contribution is 2.27. The van der Waals surface area contributed by atoms with E-state index in [1.54, 1.807) is 43.5 Å². The lowest BCUT2D eigenvalue weighted by Crippen LogP contribution is -2.08. The van der Waals surface area contributed by atoms with Gasteiger partial charge in [0.25, 0.3) is 0 Å². The van der Waals surface area contributed by atoms with Crippen LogP contribution in [0.1, 0.15) is 23.0 Å². The molecule has 0 amide bonds. The number of carbonyl (C=O) groups is 1. The largest absolute Gasteiger partial charge is 0.467 e. The fourth-order valence-electron chi connectivity index (χ4n) is 1.74. The minimum absolute atomic E-state index is 0.352. The molecule has 5 heteroatoms. The number of rotatable bonds is 6. The number of ether oxygens (including phenoxy) is 1. The Labute approximate surface area is 134 Å². The fourth-order valence-corrected chi connectivity index (χ4v) is 1.98. The first-order valence-electron chi connectivity index (χ1n) is 6.65. The van der Waals surface area contributed by atoms with Crippen molar-refractivity contribution in [1.29, 1.82) is 0 Å². The Kier molecular flexibility index (Phi) is 5.44. The van der Waals surface area contributed by atoms with Gasteiger partial charge in [0.2, 0.25) is 0 Å². The molecule has 0 saturated heterocycles. The van der Waals surface area contributed by atoms with Crippen LogP contribution in [-0.4, -0.2) is 5.97 Å². The maximum Gasteiger partial charge on any atom is 0.345 e. The van der Waals surface area contributed by atoms with Gasteiger partial charge in [-0.3, -0.25) is 0 Å². The summed E-state index contributed by atoms with van der Waals surface area (Å²) in [5.74, 6) is 0.239. The van der Waals surface area contributed by atoms with E-state index in [2.05, 4.69) is 11.9 Å². The molecule has 0 radical (unpaired) electrons. The molecule has 1 N–H and O–H groups in total. The average Bonchev–Trinajstić information content (AvgIpc) is 2.98. The molecule has 0 fully saturated rings. The number of hydrogen-bond acceptors (Lipinski definition) is 4. The lowest BCUT2D eigenvalue weighted by Gasteiger charge is -2.11. The topological polar surface area (TPSA) is 51.5 Å². The van der Waals surface area contributed by atoms with Gasteiger partial charge in [-0.05, 0) is 37.3 Å². The SMILES string of the molecule is C=C(C)C=COC(=O)c1cccc(Cl)c1NCc1ccco1. The van der Waals surface area contributed by atoms with Crippen LogP contribution < -0.4 is 5.32 Å². The van der Waals surface area contributed by atoms with Crippen LogP contribution >= 0.6 is 11.6 Å². The Hall–Kier alpha value is -2.46. The van der Waals surface area contributed by atoms with E-state index in [9.17, 15) is 4.79 Å². The van der Waals surface area contributed by atoms with Gasteiger partial charge in [0.1, 0.15) is 5.76 Å². The maximum atomic E-state index is 12.1. The van der Waals surface area contributed by atoms with Crippen molar-refractivity contribution in [2.24, 2.45) is 0 Å². The molecule has 0 aliphatic carbocycles. The van der Waals surface area contributed by atoms with Gasteiger partial charge in [-0.15, -0.1) is 0 Å². The monoisotopic (exact) mass is 317 g/mol. The number of anilines is 1. The normalized spacial score (nSPS) is 10.6. The summed E-state index contributed by atoms with van der Waals surface area (Å²) in [6, 6.07) is 8.66. The predicted octanol–water partition coefficient (Wildman–Crippen LogP) is 4.79. The molecule has 0 aliphatic heterocycles. The Balaban J connectivity index is 2.14. The molecular formula is C17H16ClNO3. The van der Waals surface area contributed by atoms with Gasteiger partial charge in [-0.2, -0.15) is 0 Å². The third-order valence-corrected chi connectivity index (χ3v) is 3.10. The van der Waals surface area contributed by atoms with Crippen molar-refractivity contribution in [1.82, 2.24) is 0 Å². The zero-order chi connectivity index (χ0) is 15.9. The summed E-state index contributed by atoms with van der Waals surface area (Å²) >= 11 is 6.17. The van der Waals surface area contributed by atoms with E-state index in [4.69, 9.17) is 20.8 Å². The number of esters is 1. The third-order valence-electron chi connectivity index (χ3n) is 2.78. The molecule has 1 aromatic heterocycles. The minimum Gasteiger partial charge on any atom is -0.467 e. The number of allylic oxidation sites excluding steroid dienone is 2. The van der Waals surface area contributed by atoms with Gasteiger partial charge in [-0.1, -0.05) is 29.8 Å². The highest BCUT2D eigenvalue weighted by atomic mass is 35.5. The van der Waals surface area contributed by atoms with Crippen molar-refractivity contribution in [3.05, 3.63) is 77.4 Å². The van der Waals surface area contributed by atoms with E-state index in [0.717, 1.165) is 11.3 Å². The summed E-state index contributed by atoms with van der Waals surface area (Å²) in [5.41, 5.74) is 1.65. The molecule has 1 aromatic carbocycles. The van der Waals surface area contributed by atoms with Crippen LogP contribution in [0, 0.1) is 0 Å². The number of hydrogen-bond donors (Lipinski definition) is 1. The zero-order valence-corrected chi connectivity index (χ0v) is 12.9. The summed E-state index contributed by atoms with van der Waals surface area (Å²) in [6.07, 6.45) is 4.50. The van der Waals surface area contributed by atoms with Gasteiger partial charge in [0.05, 0.1) is 35.3 Å². The van der Waals surface area contributed by atoms with E-state index in [0.29, 0.717) is 22.8 Å². The smallest absolute Gasteiger partial charge is 0.345 e.